The first-order valence-corrected chi connectivity index (χ1v) is 8.24. The SMILES string of the molecule is CCCC1=C(c2c(F)cc(O)cc2F)CCCc2cc(O)ccc21. The Morgan fingerprint density at radius 2 is 1.67 bits per heavy atom. The summed E-state index contributed by atoms with van der Waals surface area (Å²) in [7, 11) is 0. The molecule has 2 nitrogen and oxygen atoms in total. The van der Waals surface area contributed by atoms with Gasteiger partial charge in [-0.2, -0.15) is 0 Å². The number of hydrogen-bond donors (Lipinski definition) is 2. The highest BCUT2D eigenvalue weighted by atomic mass is 19.1. The molecular weight excluding hydrogens is 310 g/mol. The van der Waals surface area contributed by atoms with E-state index >= 15 is 0 Å². The predicted octanol–water partition coefficient (Wildman–Crippen LogP) is 5.42. The standard InChI is InChI=1S/C20H20F2O2/c1-2-4-16-15-8-7-13(23)9-12(15)5-3-6-17(16)20-18(21)10-14(24)11-19(20)22/h7-11,23-24H,2-6H2,1H3. The average molecular weight is 330 g/mol. The van der Waals surface area contributed by atoms with Crippen LogP contribution in [0.3, 0.4) is 0 Å². The Hall–Kier alpha value is -2.36. The molecule has 3 rings (SSSR count). The van der Waals surface area contributed by atoms with Crippen molar-refractivity contribution in [2.24, 2.45) is 0 Å². The smallest absolute Gasteiger partial charge is 0.137 e. The van der Waals surface area contributed by atoms with E-state index in [9.17, 15) is 19.0 Å². The van der Waals surface area contributed by atoms with Crippen LogP contribution in [0.5, 0.6) is 11.5 Å². The first-order valence-electron chi connectivity index (χ1n) is 8.24. The van der Waals surface area contributed by atoms with E-state index in [0.717, 1.165) is 48.1 Å². The topological polar surface area (TPSA) is 40.5 Å². The van der Waals surface area contributed by atoms with Gasteiger partial charge >= 0.3 is 0 Å². The third-order valence-corrected chi connectivity index (χ3v) is 4.48. The lowest BCUT2D eigenvalue weighted by molar-refractivity contribution is 0.459. The summed E-state index contributed by atoms with van der Waals surface area (Å²) < 4.78 is 28.8. The number of phenols is 2. The third kappa shape index (κ3) is 3.01. The summed E-state index contributed by atoms with van der Waals surface area (Å²) in [5.41, 5.74) is 3.50. The lowest BCUT2D eigenvalue weighted by Gasteiger charge is -2.16. The van der Waals surface area contributed by atoms with Crippen molar-refractivity contribution in [3.05, 3.63) is 58.7 Å². The summed E-state index contributed by atoms with van der Waals surface area (Å²) in [5.74, 6) is -1.68. The first-order chi connectivity index (χ1) is 11.5. The fraction of sp³-hybridized carbons (Fsp3) is 0.300. The largest absolute Gasteiger partial charge is 0.508 e. The van der Waals surface area contributed by atoms with Gasteiger partial charge in [0.15, 0.2) is 0 Å². The van der Waals surface area contributed by atoms with E-state index < -0.39 is 17.4 Å². The summed E-state index contributed by atoms with van der Waals surface area (Å²) in [6, 6.07) is 7.09. The van der Waals surface area contributed by atoms with E-state index in [1.807, 2.05) is 13.0 Å². The average Bonchev–Trinajstić information content (AvgIpc) is 2.67. The molecule has 4 heteroatoms. The van der Waals surface area contributed by atoms with Crippen LogP contribution in [-0.4, -0.2) is 10.2 Å². The van der Waals surface area contributed by atoms with Gasteiger partial charge in [-0.05, 0) is 60.1 Å². The molecule has 2 aromatic rings. The van der Waals surface area contributed by atoms with Gasteiger partial charge in [-0.3, -0.25) is 0 Å². The molecular formula is C20H20F2O2. The molecule has 0 aliphatic heterocycles. The number of fused-ring (bicyclic) bond motifs is 1. The highest BCUT2D eigenvalue weighted by Crippen LogP contribution is 2.41. The Bertz CT molecular complexity index is 786. The van der Waals surface area contributed by atoms with Crippen molar-refractivity contribution in [3.8, 4) is 11.5 Å². The van der Waals surface area contributed by atoms with Gasteiger partial charge in [0.2, 0.25) is 0 Å². The lowest BCUT2D eigenvalue weighted by atomic mass is 9.89. The van der Waals surface area contributed by atoms with Crippen molar-refractivity contribution in [1.29, 1.82) is 0 Å². The quantitative estimate of drug-likeness (QED) is 0.788. The number of phenolic OH excluding ortho intramolecular Hbond substituents is 2. The van der Waals surface area contributed by atoms with Crippen LogP contribution in [0.1, 0.15) is 49.3 Å². The summed E-state index contributed by atoms with van der Waals surface area (Å²) >= 11 is 0. The molecule has 0 heterocycles. The van der Waals surface area contributed by atoms with Crippen molar-refractivity contribution in [2.45, 2.75) is 39.0 Å². The molecule has 0 bridgehead atoms. The van der Waals surface area contributed by atoms with Gasteiger partial charge in [0.25, 0.3) is 0 Å². The van der Waals surface area contributed by atoms with Gasteiger partial charge < -0.3 is 10.2 Å². The lowest BCUT2D eigenvalue weighted by Crippen LogP contribution is -1.99. The van der Waals surface area contributed by atoms with Crippen LogP contribution in [0.2, 0.25) is 0 Å². The molecule has 0 fully saturated rings. The van der Waals surface area contributed by atoms with Crippen LogP contribution in [0.4, 0.5) is 8.78 Å². The molecule has 1 aliphatic carbocycles. The van der Waals surface area contributed by atoms with Crippen molar-refractivity contribution in [2.75, 3.05) is 0 Å². The van der Waals surface area contributed by atoms with Gasteiger partial charge in [-0.15, -0.1) is 0 Å². The summed E-state index contributed by atoms with van der Waals surface area (Å²) in [5, 5.41) is 19.1. The third-order valence-electron chi connectivity index (χ3n) is 4.48. The summed E-state index contributed by atoms with van der Waals surface area (Å²) in [4.78, 5) is 0. The highest BCUT2D eigenvalue weighted by Gasteiger charge is 2.23. The Morgan fingerprint density at radius 3 is 2.33 bits per heavy atom. The Labute approximate surface area is 140 Å². The van der Waals surface area contributed by atoms with Crippen molar-refractivity contribution < 1.29 is 19.0 Å². The predicted molar refractivity (Wildman–Crippen MR) is 90.8 cm³/mol. The number of halogens is 2. The fourth-order valence-electron chi connectivity index (χ4n) is 3.51. The molecule has 0 radical (unpaired) electrons. The van der Waals surface area contributed by atoms with Gasteiger partial charge in [0, 0.05) is 17.7 Å². The molecule has 0 amide bonds. The molecule has 0 saturated heterocycles. The molecule has 2 N–H and O–H groups in total. The number of rotatable bonds is 3. The number of benzene rings is 2. The second-order valence-electron chi connectivity index (χ2n) is 6.19. The van der Waals surface area contributed by atoms with Crippen LogP contribution in [0.15, 0.2) is 30.3 Å². The molecule has 24 heavy (non-hydrogen) atoms. The molecule has 0 saturated carbocycles. The molecule has 0 aromatic heterocycles. The monoisotopic (exact) mass is 330 g/mol. The normalized spacial score (nSPS) is 14.5. The second-order valence-corrected chi connectivity index (χ2v) is 6.19. The Kier molecular flexibility index (Phi) is 4.56. The molecule has 0 unspecified atom stereocenters. The van der Waals surface area contributed by atoms with E-state index in [0.29, 0.717) is 18.4 Å². The second kappa shape index (κ2) is 6.63. The van der Waals surface area contributed by atoms with Gasteiger partial charge in [0.1, 0.15) is 23.1 Å². The minimum absolute atomic E-state index is 0.0443. The zero-order valence-corrected chi connectivity index (χ0v) is 13.6. The van der Waals surface area contributed by atoms with E-state index in [2.05, 4.69) is 0 Å². The van der Waals surface area contributed by atoms with Crippen LogP contribution < -0.4 is 0 Å². The first kappa shape index (κ1) is 16.5. The number of allylic oxidation sites excluding steroid dienone is 2. The number of aromatic hydroxyl groups is 2. The van der Waals surface area contributed by atoms with Crippen LogP contribution in [0.25, 0.3) is 11.1 Å². The zero-order valence-electron chi connectivity index (χ0n) is 13.6. The summed E-state index contributed by atoms with van der Waals surface area (Å²) in [6.45, 7) is 2.03. The number of aryl methyl sites for hydroxylation is 1. The Morgan fingerprint density at radius 1 is 0.958 bits per heavy atom. The van der Waals surface area contributed by atoms with E-state index in [1.165, 1.54) is 0 Å². The molecule has 0 atom stereocenters. The molecule has 1 aliphatic rings. The zero-order chi connectivity index (χ0) is 17.3. The van der Waals surface area contributed by atoms with Crippen molar-refractivity contribution >= 4 is 11.1 Å². The van der Waals surface area contributed by atoms with Gasteiger partial charge in [-0.25, -0.2) is 8.78 Å². The van der Waals surface area contributed by atoms with Crippen LogP contribution >= 0.6 is 0 Å². The summed E-state index contributed by atoms with van der Waals surface area (Å²) in [6.07, 6.45) is 3.61. The van der Waals surface area contributed by atoms with Gasteiger partial charge in [0.05, 0.1) is 0 Å². The highest BCUT2D eigenvalue weighted by molar-refractivity contribution is 5.92. The van der Waals surface area contributed by atoms with Crippen molar-refractivity contribution in [1.82, 2.24) is 0 Å². The molecule has 126 valence electrons. The number of hydrogen-bond acceptors (Lipinski definition) is 2. The maximum atomic E-state index is 14.4. The maximum absolute atomic E-state index is 14.4. The van der Waals surface area contributed by atoms with E-state index in [1.54, 1.807) is 12.1 Å². The maximum Gasteiger partial charge on any atom is 0.137 e. The van der Waals surface area contributed by atoms with Crippen LogP contribution in [0, 0.1) is 11.6 Å². The van der Waals surface area contributed by atoms with Crippen molar-refractivity contribution in [3.63, 3.8) is 0 Å². The van der Waals surface area contributed by atoms with E-state index in [4.69, 9.17) is 0 Å². The van der Waals surface area contributed by atoms with Gasteiger partial charge in [-0.1, -0.05) is 19.4 Å². The van der Waals surface area contributed by atoms with Crippen LogP contribution in [-0.2, 0) is 6.42 Å². The van der Waals surface area contributed by atoms with E-state index in [-0.39, 0.29) is 11.3 Å². The molecule has 0 spiro atoms. The Balaban J connectivity index is 2.26. The fourth-order valence-corrected chi connectivity index (χ4v) is 3.51. The minimum atomic E-state index is -0.738. The minimum Gasteiger partial charge on any atom is -0.508 e. The molecule has 2 aromatic carbocycles.